The molecule has 1 aromatic rings. The highest BCUT2D eigenvalue weighted by Crippen LogP contribution is 2.27. The molecule has 0 radical (unpaired) electrons. The first-order chi connectivity index (χ1) is 8.35. The Morgan fingerprint density at radius 3 is 3.18 bits per heavy atom. The van der Waals surface area contributed by atoms with Gasteiger partial charge in [0.15, 0.2) is 0 Å². The van der Waals surface area contributed by atoms with Gasteiger partial charge in [-0.05, 0) is 38.3 Å². The minimum absolute atomic E-state index is 0.596. The monoisotopic (exact) mass is 235 g/mol. The number of anilines is 1. The zero-order valence-electron chi connectivity index (χ0n) is 10.4. The third kappa shape index (κ3) is 2.88. The van der Waals surface area contributed by atoms with Gasteiger partial charge in [0.25, 0.3) is 0 Å². The van der Waals surface area contributed by atoms with Gasteiger partial charge >= 0.3 is 0 Å². The van der Waals surface area contributed by atoms with Gasteiger partial charge in [-0.2, -0.15) is 4.98 Å². The minimum Gasteiger partial charge on any atom is -0.481 e. The van der Waals surface area contributed by atoms with E-state index in [0.29, 0.717) is 11.9 Å². The van der Waals surface area contributed by atoms with Crippen LogP contribution in [0.4, 0.5) is 5.82 Å². The zero-order valence-corrected chi connectivity index (χ0v) is 10.4. The minimum atomic E-state index is 0.596. The van der Waals surface area contributed by atoms with Gasteiger partial charge in [-0.1, -0.05) is 6.07 Å². The molecule has 1 unspecified atom stereocenters. The summed E-state index contributed by atoms with van der Waals surface area (Å²) in [6.45, 7) is 1.87. The van der Waals surface area contributed by atoms with Crippen LogP contribution < -0.4 is 15.4 Å². The maximum atomic E-state index is 5.58. The predicted molar refractivity (Wildman–Crippen MR) is 69.4 cm³/mol. The summed E-state index contributed by atoms with van der Waals surface area (Å²) in [7, 11) is 1.65. The Balaban J connectivity index is 2.08. The van der Waals surface area contributed by atoms with E-state index in [9.17, 15) is 0 Å². The molecule has 1 saturated heterocycles. The molecule has 17 heavy (non-hydrogen) atoms. The van der Waals surface area contributed by atoms with Crippen LogP contribution in [0.5, 0.6) is 5.88 Å². The van der Waals surface area contributed by atoms with Crippen molar-refractivity contribution in [2.24, 2.45) is 5.73 Å². The molecule has 0 spiro atoms. The van der Waals surface area contributed by atoms with Gasteiger partial charge in [0.2, 0.25) is 5.88 Å². The van der Waals surface area contributed by atoms with E-state index >= 15 is 0 Å². The summed E-state index contributed by atoms with van der Waals surface area (Å²) in [6, 6.07) is 6.54. The largest absolute Gasteiger partial charge is 0.481 e. The quantitative estimate of drug-likeness (QED) is 0.845. The van der Waals surface area contributed by atoms with Crippen LogP contribution in [0.1, 0.15) is 25.7 Å². The summed E-state index contributed by atoms with van der Waals surface area (Å²) in [6.07, 6.45) is 4.74. The lowest BCUT2D eigenvalue weighted by atomic mass is 10.1. The second kappa shape index (κ2) is 5.87. The summed E-state index contributed by atoms with van der Waals surface area (Å²) in [5, 5.41) is 0. The molecule has 4 nitrogen and oxygen atoms in total. The van der Waals surface area contributed by atoms with Crippen LogP contribution >= 0.6 is 0 Å². The predicted octanol–water partition coefficient (Wildman–Crippen LogP) is 1.80. The number of rotatable bonds is 5. The van der Waals surface area contributed by atoms with E-state index in [0.717, 1.165) is 31.7 Å². The molecule has 2 N–H and O–H groups in total. The third-order valence-corrected chi connectivity index (χ3v) is 3.33. The molecule has 2 rings (SSSR count). The van der Waals surface area contributed by atoms with Crippen LogP contribution in [0, 0.1) is 0 Å². The van der Waals surface area contributed by atoms with Crippen LogP contribution in [0.3, 0.4) is 0 Å². The lowest BCUT2D eigenvalue weighted by molar-refractivity contribution is 0.397. The van der Waals surface area contributed by atoms with Crippen molar-refractivity contribution in [2.45, 2.75) is 31.7 Å². The second-order valence-corrected chi connectivity index (χ2v) is 4.46. The smallest absolute Gasteiger partial charge is 0.214 e. The molecule has 1 aromatic heterocycles. The van der Waals surface area contributed by atoms with Gasteiger partial charge in [-0.25, -0.2) is 0 Å². The molecule has 1 aliphatic heterocycles. The van der Waals surface area contributed by atoms with E-state index in [2.05, 4.69) is 16.0 Å². The molecule has 0 amide bonds. The van der Waals surface area contributed by atoms with E-state index in [1.807, 2.05) is 12.1 Å². The van der Waals surface area contributed by atoms with Crippen LogP contribution in [-0.2, 0) is 0 Å². The molecule has 1 atom stereocenters. The molecule has 0 bridgehead atoms. The summed E-state index contributed by atoms with van der Waals surface area (Å²) in [5.74, 6) is 1.72. The summed E-state index contributed by atoms with van der Waals surface area (Å²) in [4.78, 5) is 6.89. The average Bonchev–Trinajstić information content (AvgIpc) is 2.84. The van der Waals surface area contributed by atoms with Crippen molar-refractivity contribution in [1.82, 2.24) is 4.98 Å². The van der Waals surface area contributed by atoms with Crippen LogP contribution in [0.15, 0.2) is 18.2 Å². The van der Waals surface area contributed by atoms with Gasteiger partial charge in [0, 0.05) is 18.7 Å². The Morgan fingerprint density at radius 1 is 1.53 bits per heavy atom. The normalized spacial score (nSPS) is 19.6. The Morgan fingerprint density at radius 2 is 2.41 bits per heavy atom. The fraction of sp³-hybridized carbons (Fsp3) is 0.615. The number of pyridine rings is 1. The molecule has 0 aliphatic carbocycles. The number of nitrogens with two attached hydrogens (primary N) is 1. The average molecular weight is 235 g/mol. The van der Waals surface area contributed by atoms with Crippen molar-refractivity contribution in [3.05, 3.63) is 18.2 Å². The van der Waals surface area contributed by atoms with Crippen molar-refractivity contribution in [3.63, 3.8) is 0 Å². The fourth-order valence-electron chi connectivity index (χ4n) is 2.47. The van der Waals surface area contributed by atoms with Crippen molar-refractivity contribution in [2.75, 3.05) is 25.1 Å². The fourth-order valence-corrected chi connectivity index (χ4v) is 2.47. The first-order valence-corrected chi connectivity index (χ1v) is 6.33. The van der Waals surface area contributed by atoms with Gasteiger partial charge < -0.3 is 15.4 Å². The van der Waals surface area contributed by atoms with Crippen molar-refractivity contribution >= 4 is 5.82 Å². The number of hydrogen-bond acceptors (Lipinski definition) is 4. The molecule has 4 heteroatoms. The Hall–Kier alpha value is -1.29. The Labute approximate surface area is 103 Å². The second-order valence-electron chi connectivity index (χ2n) is 4.46. The van der Waals surface area contributed by atoms with Gasteiger partial charge in [-0.3, -0.25) is 0 Å². The van der Waals surface area contributed by atoms with Crippen molar-refractivity contribution in [1.29, 1.82) is 0 Å². The van der Waals surface area contributed by atoms with E-state index in [4.69, 9.17) is 10.5 Å². The van der Waals surface area contributed by atoms with Gasteiger partial charge in [-0.15, -0.1) is 0 Å². The van der Waals surface area contributed by atoms with Crippen LogP contribution in [0.2, 0.25) is 0 Å². The summed E-state index contributed by atoms with van der Waals surface area (Å²) in [5.41, 5.74) is 5.58. The number of aromatic nitrogens is 1. The lowest BCUT2D eigenvalue weighted by Gasteiger charge is -2.25. The standard InChI is InChI=1S/C13H21N3O/c1-17-13-8-2-7-12(15-13)16-10-4-6-11(16)5-3-9-14/h2,7-8,11H,3-6,9-10,14H2,1H3. The molecule has 94 valence electrons. The third-order valence-electron chi connectivity index (χ3n) is 3.33. The van der Waals surface area contributed by atoms with Gasteiger partial charge in [0.1, 0.15) is 5.82 Å². The first kappa shape index (κ1) is 12.2. The Bertz CT molecular complexity index is 356. The molecule has 0 saturated carbocycles. The highest BCUT2D eigenvalue weighted by molar-refractivity contribution is 5.43. The summed E-state index contributed by atoms with van der Waals surface area (Å²) >= 11 is 0. The molecular weight excluding hydrogens is 214 g/mol. The van der Waals surface area contributed by atoms with Crippen molar-refractivity contribution in [3.8, 4) is 5.88 Å². The van der Waals surface area contributed by atoms with E-state index in [1.165, 1.54) is 12.8 Å². The number of nitrogens with zero attached hydrogens (tertiary/aromatic N) is 2. The zero-order chi connectivity index (χ0) is 12.1. The maximum Gasteiger partial charge on any atom is 0.214 e. The summed E-state index contributed by atoms with van der Waals surface area (Å²) < 4.78 is 5.17. The SMILES string of the molecule is COc1cccc(N2CCCC2CCCN)n1. The lowest BCUT2D eigenvalue weighted by Crippen LogP contribution is -2.30. The van der Waals surface area contributed by atoms with E-state index in [-0.39, 0.29) is 0 Å². The highest BCUT2D eigenvalue weighted by atomic mass is 16.5. The van der Waals surface area contributed by atoms with E-state index < -0.39 is 0 Å². The maximum absolute atomic E-state index is 5.58. The number of methoxy groups -OCH3 is 1. The van der Waals surface area contributed by atoms with Crippen molar-refractivity contribution < 1.29 is 4.74 Å². The van der Waals surface area contributed by atoms with Crippen LogP contribution in [0.25, 0.3) is 0 Å². The van der Waals surface area contributed by atoms with Gasteiger partial charge in [0.05, 0.1) is 7.11 Å². The molecule has 1 aliphatic rings. The molecule has 1 fully saturated rings. The first-order valence-electron chi connectivity index (χ1n) is 6.33. The van der Waals surface area contributed by atoms with Crippen LogP contribution in [-0.4, -0.2) is 31.2 Å². The number of hydrogen-bond donors (Lipinski definition) is 1. The Kier molecular flexibility index (Phi) is 4.20. The number of ether oxygens (including phenoxy) is 1. The molecular formula is C13H21N3O. The molecule has 2 heterocycles. The molecule has 0 aromatic carbocycles. The topological polar surface area (TPSA) is 51.4 Å². The van der Waals surface area contributed by atoms with E-state index in [1.54, 1.807) is 7.11 Å². The highest BCUT2D eigenvalue weighted by Gasteiger charge is 2.25.